The van der Waals surface area contributed by atoms with Crippen LogP contribution in [0.3, 0.4) is 0 Å². The third-order valence-corrected chi connectivity index (χ3v) is 6.81. The van der Waals surface area contributed by atoms with Gasteiger partial charge in [0, 0.05) is 40.9 Å². The van der Waals surface area contributed by atoms with Gasteiger partial charge in [0.25, 0.3) is 0 Å². The lowest BCUT2D eigenvalue weighted by atomic mass is 9.95. The second-order valence-electron chi connectivity index (χ2n) is 9.40. The van der Waals surface area contributed by atoms with Crippen molar-refractivity contribution in [2.45, 2.75) is 57.8 Å². The molecule has 3 aromatic rings. The van der Waals surface area contributed by atoms with E-state index in [2.05, 4.69) is 39.0 Å². The summed E-state index contributed by atoms with van der Waals surface area (Å²) in [5, 5.41) is 17.3. The molecule has 0 radical (unpaired) electrons. The Labute approximate surface area is 197 Å². The lowest BCUT2D eigenvalue weighted by molar-refractivity contribution is -0.0136. The predicted octanol–water partition coefficient (Wildman–Crippen LogP) is 3.08. The number of nitrogens with one attached hydrogen (secondary N) is 2. The summed E-state index contributed by atoms with van der Waals surface area (Å²) in [6, 6.07) is 5.31. The Balaban J connectivity index is 1.61. The van der Waals surface area contributed by atoms with Crippen molar-refractivity contribution in [1.29, 1.82) is 0 Å². The van der Waals surface area contributed by atoms with Gasteiger partial charge in [-0.25, -0.2) is 14.4 Å². The fraction of sp³-hybridized carbons (Fsp3) is 0.480. The van der Waals surface area contributed by atoms with Crippen LogP contribution in [0.25, 0.3) is 22.2 Å². The lowest BCUT2D eigenvalue weighted by Gasteiger charge is -2.34. The molecular weight excluding hydrogens is 437 g/mol. The highest BCUT2D eigenvalue weighted by Gasteiger charge is 2.28. The summed E-state index contributed by atoms with van der Waals surface area (Å²) in [6.45, 7) is 7.75. The van der Waals surface area contributed by atoms with E-state index in [4.69, 9.17) is 4.74 Å². The van der Waals surface area contributed by atoms with Gasteiger partial charge in [0.15, 0.2) is 11.2 Å². The van der Waals surface area contributed by atoms with Gasteiger partial charge in [0.1, 0.15) is 5.69 Å². The average Bonchev–Trinajstić information content (AvgIpc) is 2.78. The molecule has 0 amide bonds. The fourth-order valence-corrected chi connectivity index (χ4v) is 4.90. The molecular formula is C25H30FN5O3. The number of hydrogen-bond donors (Lipinski definition) is 3. The third kappa shape index (κ3) is 3.97. The fourth-order valence-electron chi connectivity index (χ4n) is 4.90. The molecule has 2 aliphatic rings. The zero-order chi connectivity index (χ0) is 24.0. The maximum Gasteiger partial charge on any atom is 0.223 e. The van der Waals surface area contributed by atoms with Gasteiger partial charge in [-0.1, -0.05) is 6.07 Å². The van der Waals surface area contributed by atoms with Crippen molar-refractivity contribution in [2.75, 3.05) is 25.1 Å². The average molecular weight is 468 g/mol. The van der Waals surface area contributed by atoms with Crippen LogP contribution in [0.4, 0.5) is 10.3 Å². The molecule has 0 spiro atoms. The number of pyridine rings is 1. The molecule has 5 rings (SSSR count). The highest BCUT2D eigenvalue weighted by Crippen LogP contribution is 2.32. The molecule has 8 nitrogen and oxygen atoms in total. The minimum atomic E-state index is -0.686. The largest absolute Gasteiger partial charge is 0.389 e. The van der Waals surface area contributed by atoms with Crippen molar-refractivity contribution in [3.05, 3.63) is 51.7 Å². The zero-order valence-corrected chi connectivity index (χ0v) is 19.6. The van der Waals surface area contributed by atoms with Crippen LogP contribution >= 0.6 is 0 Å². The number of nitrogens with zero attached hydrogens (tertiary/aromatic N) is 3. The van der Waals surface area contributed by atoms with Crippen LogP contribution in [-0.4, -0.2) is 51.5 Å². The summed E-state index contributed by atoms with van der Waals surface area (Å²) in [5.41, 5.74) is 3.22. The molecule has 0 saturated carbocycles. The van der Waals surface area contributed by atoms with Crippen LogP contribution in [-0.2, 0) is 4.74 Å². The molecule has 1 unspecified atom stereocenters. The van der Waals surface area contributed by atoms with E-state index in [0.29, 0.717) is 24.0 Å². The Bertz CT molecular complexity index is 1290. The number of hydrogen-bond acceptors (Lipinski definition) is 7. The Hall–Kier alpha value is -2.88. The van der Waals surface area contributed by atoms with Gasteiger partial charge in [-0.05, 0) is 52.3 Å². The van der Waals surface area contributed by atoms with Crippen LogP contribution in [0.5, 0.6) is 0 Å². The van der Waals surface area contributed by atoms with Crippen LogP contribution in [0.15, 0.2) is 29.2 Å². The Morgan fingerprint density at radius 3 is 2.79 bits per heavy atom. The highest BCUT2D eigenvalue weighted by atomic mass is 19.1. The molecule has 3 N–H and O–H groups in total. The Kier molecular flexibility index (Phi) is 6.09. The van der Waals surface area contributed by atoms with Crippen molar-refractivity contribution in [3.63, 3.8) is 0 Å². The predicted molar refractivity (Wildman–Crippen MR) is 129 cm³/mol. The zero-order valence-electron chi connectivity index (χ0n) is 19.6. The summed E-state index contributed by atoms with van der Waals surface area (Å²) in [7, 11) is 0. The first-order valence-electron chi connectivity index (χ1n) is 11.8. The number of anilines is 1. The Morgan fingerprint density at radius 1 is 1.32 bits per heavy atom. The molecule has 0 bridgehead atoms. The van der Waals surface area contributed by atoms with E-state index in [9.17, 15) is 14.3 Å². The number of aliphatic hydroxyl groups is 1. The van der Waals surface area contributed by atoms with E-state index in [-0.39, 0.29) is 41.8 Å². The molecule has 0 aliphatic carbocycles. The topological polar surface area (TPSA) is 101 Å². The second kappa shape index (κ2) is 9.05. The van der Waals surface area contributed by atoms with Crippen LogP contribution in [0, 0.1) is 12.7 Å². The smallest absolute Gasteiger partial charge is 0.223 e. The van der Waals surface area contributed by atoms with Crippen LogP contribution in [0.2, 0.25) is 0 Å². The van der Waals surface area contributed by atoms with Crippen LogP contribution in [0.1, 0.15) is 50.0 Å². The molecule has 2 fully saturated rings. The highest BCUT2D eigenvalue weighted by molar-refractivity contribution is 5.85. The maximum absolute atomic E-state index is 14.9. The third-order valence-electron chi connectivity index (χ3n) is 6.81. The molecule has 4 heterocycles. The molecule has 180 valence electrons. The van der Waals surface area contributed by atoms with Gasteiger partial charge >= 0.3 is 0 Å². The number of rotatable bonds is 5. The van der Waals surface area contributed by atoms with Gasteiger partial charge in [0.05, 0.1) is 30.5 Å². The number of fused-ring (bicyclic) bond motifs is 1. The van der Waals surface area contributed by atoms with Crippen LogP contribution < -0.4 is 16.1 Å². The molecule has 34 heavy (non-hydrogen) atoms. The van der Waals surface area contributed by atoms with Gasteiger partial charge in [-0.15, -0.1) is 0 Å². The van der Waals surface area contributed by atoms with E-state index in [1.54, 1.807) is 12.1 Å². The first-order valence-corrected chi connectivity index (χ1v) is 11.8. The van der Waals surface area contributed by atoms with Gasteiger partial charge < -0.3 is 25.0 Å². The summed E-state index contributed by atoms with van der Waals surface area (Å²) in [4.78, 5) is 21.7. The molecule has 2 aromatic heterocycles. The minimum absolute atomic E-state index is 0.00108. The first kappa shape index (κ1) is 22.9. The lowest BCUT2D eigenvalue weighted by Crippen LogP contribution is -2.42. The number of aromatic nitrogens is 3. The summed E-state index contributed by atoms with van der Waals surface area (Å²) in [5.74, 6) is -0.309. The quantitative estimate of drug-likeness (QED) is 0.530. The number of ether oxygens (including phenoxy) is 1. The normalized spacial score (nSPS) is 22.7. The van der Waals surface area contributed by atoms with E-state index < -0.39 is 11.9 Å². The summed E-state index contributed by atoms with van der Waals surface area (Å²) in [6.07, 6.45) is 2.03. The van der Waals surface area contributed by atoms with Gasteiger partial charge in [-0.3, -0.25) is 4.79 Å². The van der Waals surface area contributed by atoms with Crippen molar-refractivity contribution in [2.24, 2.45) is 0 Å². The SMILES string of the molecule is Cc1c(C2CCN2)n(C(C)C)c2cc(-c3nc(N[C@@H]4CCOC[C@H]4O)ncc3F)ccc2c1=O. The minimum Gasteiger partial charge on any atom is -0.389 e. The summed E-state index contributed by atoms with van der Waals surface area (Å²) < 4.78 is 22.3. The maximum atomic E-state index is 14.9. The first-order chi connectivity index (χ1) is 16.3. The molecule has 1 aromatic carbocycles. The number of aliphatic hydroxyl groups excluding tert-OH is 1. The monoisotopic (exact) mass is 467 g/mol. The standard InChI is InChI=1S/C25H30FN5O3/c1-13(2)31-20-10-15(4-5-16(20)24(33)14(3)23(31)19-6-8-27-19)22-17(26)11-28-25(30-22)29-18-7-9-34-12-21(18)32/h4-5,10-11,13,18-19,21,27,32H,6-9,12H2,1-3H3,(H,28,29,30)/t18-,19?,21-/m1/s1. The van der Waals surface area contributed by atoms with Crippen molar-refractivity contribution in [3.8, 4) is 11.3 Å². The number of benzene rings is 1. The van der Waals surface area contributed by atoms with E-state index in [1.165, 1.54) is 0 Å². The van der Waals surface area contributed by atoms with Crippen molar-refractivity contribution in [1.82, 2.24) is 19.9 Å². The van der Waals surface area contributed by atoms with Gasteiger partial charge in [0.2, 0.25) is 5.95 Å². The van der Waals surface area contributed by atoms with E-state index >= 15 is 0 Å². The Morgan fingerprint density at radius 2 is 2.12 bits per heavy atom. The van der Waals surface area contributed by atoms with Crippen molar-refractivity contribution < 1.29 is 14.2 Å². The van der Waals surface area contributed by atoms with E-state index in [0.717, 1.165) is 35.9 Å². The van der Waals surface area contributed by atoms with E-state index in [1.807, 2.05) is 13.0 Å². The van der Waals surface area contributed by atoms with Crippen molar-refractivity contribution >= 4 is 16.9 Å². The number of halogens is 1. The summed E-state index contributed by atoms with van der Waals surface area (Å²) >= 11 is 0. The van der Waals surface area contributed by atoms with Gasteiger partial charge in [-0.2, -0.15) is 0 Å². The molecule has 2 aliphatic heterocycles. The molecule has 9 heteroatoms. The molecule has 2 saturated heterocycles. The molecule has 3 atom stereocenters. The second-order valence-corrected chi connectivity index (χ2v) is 9.40.